The largest absolute Gasteiger partial charge is 0.478 e. The van der Waals surface area contributed by atoms with E-state index in [1.807, 2.05) is 20.8 Å². The lowest BCUT2D eigenvalue weighted by Crippen LogP contribution is -2.41. The van der Waals surface area contributed by atoms with Gasteiger partial charge < -0.3 is 20.1 Å². The third kappa shape index (κ3) is 5.24. The van der Waals surface area contributed by atoms with Gasteiger partial charge in [-0.25, -0.2) is 9.59 Å². The first-order valence-electron chi connectivity index (χ1n) is 9.79. The van der Waals surface area contributed by atoms with Crippen LogP contribution in [0.4, 0.5) is 4.79 Å². The lowest BCUT2D eigenvalue weighted by atomic mass is 9.87. The lowest BCUT2D eigenvalue weighted by molar-refractivity contribution is 0.0204. The Morgan fingerprint density at radius 2 is 1.64 bits per heavy atom. The molecule has 7 nitrogen and oxygen atoms in total. The van der Waals surface area contributed by atoms with Crippen molar-refractivity contribution in [3.63, 3.8) is 0 Å². The molecule has 0 bridgehead atoms. The summed E-state index contributed by atoms with van der Waals surface area (Å²) in [5, 5.41) is 12.3. The van der Waals surface area contributed by atoms with Gasteiger partial charge in [0, 0.05) is 24.7 Å². The average molecular weight is 388 g/mol. The van der Waals surface area contributed by atoms with Crippen LogP contribution in [0.1, 0.15) is 78.7 Å². The Kier molecular flexibility index (Phi) is 5.63. The molecule has 1 aromatic rings. The minimum atomic E-state index is -1.05. The fourth-order valence-corrected chi connectivity index (χ4v) is 3.36. The number of benzene rings is 1. The standard InChI is InChI=1S/C21H28N2O5/c1-21(2,3)28-20(27)23-8-6-13(7-9-23)14-10-15(12-16(11-14)19(25)26)18(24)22-17-4-5-17/h10-13,17H,4-9H2,1-3H3,(H,22,24)(H,25,26). The van der Waals surface area contributed by atoms with E-state index < -0.39 is 11.6 Å². The number of carbonyl (C=O) groups is 3. The third-order valence-corrected chi connectivity index (χ3v) is 5.00. The summed E-state index contributed by atoms with van der Waals surface area (Å²) in [5.41, 5.74) is 0.808. The number of nitrogens with one attached hydrogen (secondary N) is 1. The second-order valence-corrected chi connectivity index (χ2v) is 8.64. The molecule has 1 saturated carbocycles. The van der Waals surface area contributed by atoms with Crippen LogP contribution in [0.2, 0.25) is 0 Å². The molecule has 1 aliphatic heterocycles. The highest BCUT2D eigenvalue weighted by Crippen LogP contribution is 2.30. The van der Waals surface area contributed by atoms with Crippen LogP contribution in [0.25, 0.3) is 0 Å². The van der Waals surface area contributed by atoms with Gasteiger partial charge in [-0.3, -0.25) is 4.79 Å². The van der Waals surface area contributed by atoms with E-state index in [9.17, 15) is 19.5 Å². The predicted molar refractivity (Wildman–Crippen MR) is 104 cm³/mol. The molecule has 0 unspecified atom stereocenters. The van der Waals surface area contributed by atoms with Crippen molar-refractivity contribution >= 4 is 18.0 Å². The number of likely N-dealkylation sites (tertiary alicyclic amines) is 1. The number of aromatic carboxylic acids is 1. The van der Waals surface area contributed by atoms with Gasteiger partial charge in [-0.05, 0) is 76.1 Å². The second kappa shape index (κ2) is 7.81. The van der Waals surface area contributed by atoms with Crippen molar-refractivity contribution in [3.8, 4) is 0 Å². The molecule has 0 radical (unpaired) electrons. The first kappa shape index (κ1) is 20.2. The van der Waals surface area contributed by atoms with Crippen molar-refractivity contribution in [3.05, 3.63) is 34.9 Å². The molecule has 28 heavy (non-hydrogen) atoms. The fourth-order valence-electron chi connectivity index (χ4n) is 3.36. The molecule has 0 atom stereocenters. The van der Waals surface area contributed by atoms with Gasteiger partial charge in [-0.2, -0.15) is 0 Å². The summed E-state index contributed by atoms with van der Waals surface area (Å²) < 4.78 is 5.42. The van der Waals surface area contributed by atoms with Crippen LogP contribution in [0.3, 0.4) is 0 Å². The van der Waals surface area contributed by atoms with Crippen LogP contribution in [-0.2, 0) is 4.74 Å². The Morgan fingerprint density at radius 3 is 2.18 bits per heavy atom. The Labute approximate surface area is 165 Å². The van der Waals surface area contributed by atoms with E-state index in [0.717, 1.165) is 18.4 Å². The number of carbonyl (C=O) groups excluding carboxylic acids is 2. The van der Waals surface area contributed by atoms with Crippen molar-refractivity contribution in [2.45, 2.75) is 64.0 Å². The lowest BCUT2D eigenvalue weighted by Gasteiger charge is -2.33. The molecule has 2 aliphatic rings. The van der Waals surface area contributed by atoms with E-state index in [-0.39, 0.29) is 29.5 Å². The Balaban J connectivity index is 1.71. The monoisotopic (exact) mass is 388 g/mol. The van der Waals surface area contributed by atoms with Crippen LogP contribution in [0.15, 0.2) is 18.2 Å². The van der Waals surface area contributed by atoms with Crippen LogP contribution in [0, 0.1) is 0 Å². The molecule has 0 aromatic heterocycles. The summed E-state index contributed by atoms with van der Waals surface area (Å²) in [6.07, 6.45) is 3.02. The maximum absolute atomic E-state index is 12.4. The highest BCUT2D eigenvalue weighted by molar-refractivity contribution is 5.98. The highest BCUT2D eigenvalue weighted by atomic mass is 16.6. The number of carboxylic acid groups (broad SMARTS) is 1. The summed E-state index contributed by atoms with van der Waals surface area (Å²) in [6, 6.07) is 5.07. The van der Waals surface area contributed by atoms with Crippen LogP contribution in [0.5, 0.6) is 0 Å². The SMILES string of the molecule is CC(C)(C)OC(=O)N1CCC(c2cc(C(=O)O)cc(C(=O)NC3CC3)c2)CC1. The van der Waals surface area contributed by atoms with Gasteiger partial charge in [0.1, 0.15) is 5.60 Å². The molecule has 7 heteroatoms. The van der Waals surface area contributed by atoms with E-state index in [1.54, 1.807) is 17.0 Å². The topological polar surface area (TPSA) is 95.9 Å². The zero-order valence-corrected chi connectivity index (χ0v) is 16.7. The van der Waals surface area contributed by atoms with Gasteiger partial charge in [0.15, 0.2) is 0 Å². The van der Waals surface area contributed by atoms with Crippen LogP contribution in [-0.4, -0.2) is 52.7 Å². The fraction of sp³-hybridized carbons (Fsp3) is 0.571. The third-order valence-electron chi connectivity index (χ3n) is 5.00. The first-order valence-corrected chi connectivity index (χ1v) is 9.79. The molecule has 0 spiro atoms. The molecule has 1 saturated heterocycles. The van der Waals surface area contributed by atoms with Gasteiger partial charge in [0.05, 0.1) is 5.56 Å². The van der Waals surface area contributed by atoms with Crippen molar-refractivity contribution in [2.75, 3.05) is 13.1 Å². The van der Waals surface area contributed by atoms with Gasteiger partial charge in [-0.1, -0.05) is 0 Å². The average Bonchev–Trinajstić information content (AvgIpc) is 3.44. The zero-order chi connectivity index (χ0) is 20.5. The van der Waals surface area contributed by atoms with Crippen molar-refractivity contribution < 1.29 is 24.2 Å². The minimum absolute atomic E-state index is 0.102. The summed E-state index contributed by atoms with van der Waals surface area (Å²) in [6.45, 7) is 6.59. The molecular weight excluding hydrogens is 360 g/mol. The molecule has 2 fully saturated rings. The van der Waals surface area contributed by atoms with Gasteiger partial charge in [0.2, 0.25) is 0 Å². The van der Waals surface area contributed by atoms with Gasteiger partial charge in [-0.15, -0.1) is 0 Å². The summed E-state index contributed by atoms with van der Waals surface area (Å²) >= 11 is 0. The number of carboxylic acids is 1. The van der Waals surface area contributed by atoms with E-state index >= 15 is 0 Å². The number of hydrogen-bond donors (Lipinski definition) is 2. The molecule has 2 amide bonds. The quantitative estimate of drug-likeness (QED) is 0.824. The van der Waals surface area contributed by atoms with Crippen LogP contribution < -0.4 is 5.32 Å². The number of amides is 2. The zero-order valence-electron chi connectivity index (χ0n) is 16.7. The molecule has 1 aliphatic carbocycles. The van der Waals surface area contributed by atoms with E-state index in [2.05, 4.69) is 5.32 Å². The molecule has 2 N–H and O–H groups in total. The number of ether oxygens (including phenoxy) is 1. The summed E-state index contributed by atoms with van der Waals surface area (Å²) in [4.78, 5) is 37.8. The minimum Gasteiger partial charge on any atom is -0.478 e. The van der Waals surface area contributed by atoms with E-state index in [4.69, 9.17) is 4.74 Å². The summed E-state index contributed by atoms with van der Waals surface area (Å²) in [7, 11) is 0. The van der Waals surface area contributed by atoms with Crippen molar-refractivity contribution in [1.29, 1.82) is 0 Å². The molecule has 3 rings (SSSR count). The first-order chi connectivity index (χ1) is 13.1. The highest BCUT2D eigenvalue weighted by Gasteiger charge is 2.29. The van der Waals surface area contributed by atoms with Gasteiger partial charge >= 0.3 is 12.1 Å². The molecule has 1 aromatic carbocycles. The van der Waals surface area contributed by atoms with Crippen molar-refractivity contribution in [1.82, 2.24) is 10.2 Å². The molecular formula is C21H28N2O5. The maximum Gasteiger partial charge on any atom is 0.410 e. The van der Waals surface area contributed by atoms with E-state index in [1.165, 1.54) is 6.07 Å². The smallest absolute Gasteiger partial charge is 0.410 e. The Bertz CT molecular complexity index is 771. The molecule has 152 valence electrons. The number of piperidine rings is 1. The van der Waals surface area contributed by atoms with Crippen molar-refractivity contribution in [2.24, 2.45) is 0 Å². The van der Waals surface area contributed by atoms with Crippen LogP contribution >= 0.6 is 0 Å². The Morgan fingerprint density at radius 1 is 1.04 bits per heavy atom. The normalized spacial score (nSPS) is 17.9. The van der Waals surface area contributed by atoms with Gasteiger partial charge in [0.25, 0.3) is 5.91 Å². The number of nitrogens with zero attached hydrogens (tertiary/aromatic N) is 1. The number of rotatable bonds is 4. The second-order valence-electron chi connectivity index (χ2n) is 8.64. The predicted octanol–water partition coefficient (Wildman–Crippen LogP) is 3.39. The number of hydrogen-bond acceptors (Lipinski definition) is 4. The Hall–Kier alpha value is -2.57. The maximum atomic E-state index is 12.4. The van der Waals surface area contributed by atoms with E-state index in [0.29, 0.717) is 31.5 Å². The molecule has 1 heterocycles. The summed E-state index contributed by atoms with van der Waals surface area (Å²) in [5.74, 6) is -1.17.